The Labute approximate surface area is 117 Å². The van der Waals surface area contributed by atoms with Crippen molar-refractivity contribution in [3.63, 3.8) is 0 Å². The van der Waals surface area contributed by atoms with Gasteiger partial charge in [-0.25, -0.2) is 4.98 Å². The fraction of sp³-hybridized carbons (Fsp3) is 0.267. The van der Waals surface area contributed by atoms with E-state index in [1.807, 2.05) is 31.2 Å². The van der Waals surface area contributed by atoms with Crippen LogP contribution in [0.2, 0.25) is 0 Å². The molecule has 3 N–H and O–H groups in total. The molecule has 20 heavy (non-hydrogen) atoms. The van der Waals surface area contributed by atoms with E-state index < -0.39 is 0 Å². The van der Waals surface area contributed by atoms with Crippen molar-refractivity contribution in [1.82, 2.24) is 14.9 Å². The summed E-state index contributed by atoms with van der Waals surface area (Å²) in [6, 6.07) is 7.72. The number of furan rings is 1. The first-order valence-electron chi connectivity index (χ1n) is 6.57. The Morgan fingerprint density at radius 2 is 2.15 bits per heavy atom. The van der Waals surface area contributed by atoms with Crippen LogP contribution >= 0.6 is 0 Å². The van der Waals surface area contributed by atoms with Crippen LogP contribution in [0, 0.1) is 6.92 Å². The van der Waals surface area contributed by atoms with Crippen molar-refractivity contribution in [3.05, 3.63) is 47.7 Å². The van der Waals surface area contributed by atoms with Gasteiger partial charge < -0.3 is 15.1 Å². The normalized spacial score (nSPS) is 11.6. The molecule has 0 saturated carbocycles. The lowest BCUT2D eigenvalue weighted by atomic mass is 10.2. The van der Waals surface area contributed by atoms with E-state index in [9.17, 15) is 0 Å². The number of aryl methyl sites for hydroxylation is 1. The maximum absolute atomic E-state index is 5.77. The molecule has 0 aliphatic carbocycles. The van der Waals surface area contributed by atoms with Gasteiger partial charge in [0.25, 0.3) is 0 Å². The average Bonchev–Trinajstić information content (AvgIpc) is 2.95. The number of rotatable bonds is 4. The number of anilines is 1. The third-order valence-corrected chi connectivity index (χ3v) is 3.38. The van der Waals surface area contributed by atoms with Crippen LogP contribution in [-0.2, 0) is 13.1 Å². The zero-order chi connectivity index (χ0) is 14.1. The van der Waals surface area contributed by atoms with Crippen LogP contribution in [0.3, 0.4) is 0 Å². The number of aromatic nitrogens is 2. The largest absolute Gasteiger partial charge is 0.469 e. The molecule has 0 bridgehead atoms. The van der Waals surface area contributed by atoms with E-state index in [0.717, 1.165) is 41.4 Å². The summed E-state index contributed by atoms with van der Waals surface area (Å²) in [6.45, 7) is 3.56. The van der Waals surface area contributed by atoms with Gasteiger partial charge in [-0.3, -0.25) is 4.90 Å². The minimum absolute atomic E-state index is 0.745. The summed E-state index contributed by atoms with van der Waals surface area (Å²) < 4.78 is 5.31. The fourth-order valence-electron chi connectivity index (χ4n) is 2.33. The first-order valence-corrected chi connectivity index (χ1v) is 6.57. The topological polar surface area (TPSA) is 71.1 Å². The molecule has 0 amide bonds. The standard InChI is InChI=1S/C15H18N4O/c1-10-11(5-6-20-10)8-19(2)9-15-17-13-4-3-12(16)7-14(13)18-15/h3-7H,8-9,16H2,1-2H3,(H,17,18). The number of fused-ring (bicyclic) bond motifs is 1. The van der Waals surface area contributed by atoms with Crippen LogP contribution in [0.4, 0.5) is 5.69 Å². The monoisotopic (exact) mass is 270 g/mol. The molecule has 0 saturated heterocycles. The average molecular weight is 270 g/mol. The van der Waals surface area contributed by atoms with E-state index in [1.54, 1.807) is 6.26 Å². The SMILES string of the molecule is Cc1occc1CN(C)Cc1nc2ccc(N)cc2[nH]1. The second-order valence-corrected chi connectivity index (χ2v) is 5.13. The number of benzene rings is 1. The molecule has 0 unspecified atom stereocenters. The Kier molecular flexibility index (Phi) is 3.20. The lowest BCUT2D eigenvalue weighted by Crippen LogP contribution is -2.18. The minimum atomic E-state index is 0.745. The molecule has 5 heteroatoms. The predicted molar refractivity (Wildman–Crippen MR) is 79.1 cm³/mol. The van der Waals surface area contributed by atoms with E-state index in [-0.39, 0.29) is 0 Å². The number of nitrogens with zero attached hydrogens (tertiary/aromatic N) is 2. The lowest BCUT2D eigenvalue weighted by Gasteiger charge is -2.14. The minimum Gasteiger partial charge on any atom is -0.469 e. The summed E-state index contributed by atoms with van der Waals surface area (Å²) in [5.41, 5.74) is 9.65. The third kappa shape index (κ3) is 2.53. The summed E-state index contributed by atoms with van der Waals surface area (Å²) in [5.74, 6) is 1.91. The number of hydrogen-bond donors (Lipinski definition) is 2. The third-order valence-electron chi connectivity index (χ3n) is 3.38. The second-order valence-electron chi connectivity index (χ2n) is 5.13. The van der Waals surface area contributed by atoms with E-state index >= 15 is 0 Å². The number of H-pyrrole nitrogens is 1. The lowest BCUT2D eigenvalue weighted by molar-refractivity contribution is 0.309. The van der Waals surface area contributed by atoms with E-state index in [0.29, 0.717) is 0 Å². The van der Waals surface area contributed by atoms with Crippen LogP contribution in [0.5, 0.6) is 0 Å². The van der Waals surface area contributed by atoms with Crippen molar-refractivity contribution < 1.29 is 4.42 Å². The molecular formula is C15H18N4O. The van der Waals surface area contributed by atoms with Gasteiger partial charge in [-0.2, -0.15) is 0 Å². The highest BCUT2D eigenvalue weighted by molar-refractivity contribution is 5.78. The molecule has 2 aromatic heterocycles. The zero-order valence-corrected chi connectivity index (χ0v) is 11.7. The zero-order valence-electron chi connectivity index (χ0n) is 11.7. The van der Waals surface area contributed by atoms with Gasteiger partial charge in [0.05, 0.1) is 23.8 Å². The van der Waals surface area contributed by atoms with Gasteiger partial charge in [-0.15, -0.1) is 0 Å². The Hall–Kier alpha value is -2.27. The molecule has 1 aromatic carbocycles. The Bertz CT molecular complexity index is 728. The van der Waals surface area contributed by atoms with Crippen molar-refractivity contribution in [2.75, 3.05) is 12.8 Å². The Morgan fingerprint density at radius 1 is 1.30 bits per heavy atom. The smallest absolute Gasteiger partial charge is 0.121 e. The summed E-state index contributed by atoms with van der Waals surface area (Å²) in [7, 11) is 2.06. The summed E-state index contributed by atoms with van der Waals surface area (Å²) in [4.78, 5) is 10.1. The molecule has 104 valence electrons. The van der Waals surface area contributed by atoms with Crippen LogP contribution in [0.25, 0.3) is 11.0 Å². The van der Waals surface area contributed by atoms with Crippen molar-refractivity contribution in [3.8, 4) is 0 Å². The van der Waals surface area contributed by atoms with Gasteiger partial charge in [0.1, 0.15) is 11.6 Å². The van der Waals surface area contributed by atoms with Crippen molar-refractivity contribution in [2.45, 2.75) is 20.0 Å². The summed E-state index contributed by atoms with van der Waals surface area (Å²) >= 11 is 0. The first kappa shape index (κ1) is 12.7. The molecular weight excluding hydrogens is 252 g/mol. The van der Waals surface area contributed by atoms with Crippen molar-refractivity contribution >= 4 is 16.7 Å². The molecule has 3 rings (SSSR count). The number of nitrogen functional groups attached to an aromatic ring is 1. The molecule has 0 aliphatic rings. The molecule has 0 radical (unpaired) electrons. The quantitative estimate of drug-likeness (QED) is 0.715. The molecule has 3 aromatic rings. The number of imidazole rings is 1. The number of nitrogens with two attached hydrogens (primary N) is 1. The van der Waals surface area contributed by atoms with Gasteiger partial charge in [-0.05, 0) is 38.2 Å². The second kappa shape index (κ2) is 5.02. The van der Waals surface area contributed by atoms with Crippen LogP contribution in [-0.4, -0.2) is 21.9 Å². The highest BCUT2D eigenvalue weighted by atomic mass is 16.3. The van der Waals surface area contributed by atoms with Gasteiger partial charge in [-0.1, -0.05) is 0 Å². The van der Waals surface area contributed by atoms with Crippen LogP contribution in [0.1, 0.15) is 17.1 Å². The maximum atomic E-state index is 5.77. The highest BCUT2D eigenvalue weighted by Gasteiger charge is 2.09. The number of nitrogens with one attached hydrogen (secondary N) is 1. The first-order chi connectivity index (χ1) is 9.61. The maximum Gasteiger partial charge on any atom is 0.121 e. The number of hydrogen-bond acceptors (Lipinski definition) is 4. The van der Waals surface area contributed by atoms with E-state index in [1.165, 1.54) is 5.56 Å². The molecule has 0 atom stereocenters. The van der Waals surface area contributed by atoms with Gasteiger partial charge in [0, 0.05) is 17.8 Å². The summed E-state index contributed by atoms with van der Waals surface area (Å²) in [6.07, 6.45) is 1.72. The Balaban J connectivity index is 1.74. The van der Waals surface area contributed by atoms with Gasteiger partial charge in [0.15, 0.2) is 0 Å². The molecule has 5 nitrogen and oxygen atoms in total. The molecule has 0 fully saturated rings. The van der Waals surface area contributed by atoms with E-state index in [2.05, 4.69) is 21.9 Å². The van der Waals surface area contributed by atoms with Crippen LogP contribution in [0.15, 0.2) is 34.9 Å². The molecule has 2 heterocycles. The molecule has 0 spiro atoms. The van der Waals surface area contributed by atoms with Gasteiger partial charge >= 0.3 is 0 Å². The van der Waals surface area contributed by atoms with Crippen molar-refractivity contribution in [2.24, 2.45) is 0 Å². The Morgan fingerprint density at radius 3 is 2.90 bits per heavy atom. The predicted octanol–water partition coefficient (Wildman–Crippen LogP) is 2.68. The highest BCUT2D eigenvalue weighted by Crippen LogP contribution is 2.17. The molecule has 0 aliphatic heterocycles. The van der Waals surface area contributed by atoms with E-state index in [4.69, 9.17) is 10.2 Å². The van der Waals surface area contributed by atoms with Crippen molar-refractivity contribution in [1.29, 1.82) is 0 Å². The van der Waals surface area contributed by atoms with Gasteiger partial charge in [0.2, 0.25) is 0 Å². The van der Waals surface area contributed by atoms with Crippen LogP contribution < -0.4 is 5.73 Å². The summed E-state index contributed by atoms with van der Waals surface area (Å²) in [5, 5.41) is 0. The fourth-order valence-corrected chi connectivity index (χ4v) is 2.33. The number of aromatic amines is 1.